The van der Waals surface area contributed by atoms with Gasteiger partial charge >= 0.3 is 0 Å². The lowest BCUT2D eigenvalue weighted by atomic mass is 10.6. The topological polar surface area (TPSA) is 37.8 Å². The molecule has 0 bridgehead atoms. The smallest absolute Gasteiger partial charge is 0.203 e. The first kappa shape index (κ1) is 8.02. The maximum absolute atomic E-state index is 4.11. The summed E-state index contributed by atoms with van der Waals surface area (Å²) in [6.45, 7) is 4.32. The van der Waals surface area contributed by atoms with Gasteiger partial charge in [-0.05, 0) is 13.8 Å². The van der Waals surface area contributed by atoms with Crippen LogP contribution < -0.4 is 5.32 Å². The van der Waals surface area contributed by atoms with Gasteiger partial charge in [0.25, 0.3) is 0 Å². The predicted octanol–water partition coefficient (Wildman–Crippen LogP) is 1.28. The Bertz CT molecular complexity index is 281. The Hall–Kier alpha value is -1.08. The molecule has 1 rings (SSSR count). The summed E-state index contributed by atoms with van der Waals surface area (Å²) in [5.74, 6) is 6.48. The van der Waals surface area contributed by atoms with E-state index in [0.717, 1.165) is 11.0 Å². The minimum Gasteiger partial charge on any atom is -0.349 e. The highest BCUT2D eigenvalue weighted by molar-refractivity contribution is 7.09. The van der Waals surface area contributed by atoms with Gasteiger partial charge in [-0.15, -0.1) is 5.92 Å². The number of aromatic nitrogens is 2. The first-order valence-corrected chi connectivity index (χ1v) is 4.04. The van der Waals surface area contributed by atoms with Crippen LogP contribution in [0.4, 0.5) is 5.13 Å². The highest BCUT2D eigenvalue weighted by atomic mass is 32.1. The zero-order chi connectivity index (χ0) is 8.10. The summed E-state index contributed by atoms with van der Waals surface area (Å²) in [4.78, 5) is 4.11. The Morgan fingerprint density at radius 2 is 2.45 bits per heavy atom. The molecule has 0 unspecified atom stereocenters. The number of hydrogen-bond donors (Lipinski definition) is 1. The molecule has 0 aromatic carbocycles. The van der Waals surface area contributed by atoms with Gasteiger partial charge in [0, 0.05) is 11.5 Å². The molecule has 0 amide bonds. The van der Waals surface area contributed by atoms with Crippen LogP contribution in [0, 0.1) is 18.8 Å². The third-order valence-corrected chi connectivity index (χ3v) is 1.80. The van der Waals surface area contributed by atoms with Gasteiger partial charge in [0.05, 0.1) is 6.54 Å². The molecule has 0 radical (unpaired) electrons. The van der Waals surface area contributed by atoms with Crippen LogP contribution >= 0.6 is 11.5 Å². The van der Waals surface area contributed by atoms with Crippen LogP contribution in [0.15, 0.2) is 0 Å². The van der Waals surface area contributed by atoms with E-state index in [2.05, 4.69) is 26.5 Å². The molecular weight excluding hydrogens is 158 g/mol. The SMILES string of the molecule is CC#CCNc1nc(C)ns1. The largest absolute Gasteiger partial charge is 0.349 e. The van der Waals surface area contributed by atoms with Crippen molar-refractivity contribution in [2.45, 2.75) is 13.8 Å². The second-order valence-electron chi connectivity index (χ2n) is 1.93. The molecule has 11 heavy (non-hydrogen) atoms. The first-order valence-electron chi connectivity index (χ1n) is 3.26. The summed E-state index contributed by atoms with van der Waals surface area (Å²) in [7, 11) is 0. The third-order valence-electron chi connectivity index (χ3n) is 1.03. The number of nitrogens with one attached hydrogen (secondary N) is 1. The fourth-order valence-corrected chi connectivity index (χ4v) is 1.15. The molecule has 1 N–H and O–H groups in total. The minimum absolute atomic E-state index is 0.644. The summed E-state index contributed by atoms with van der Waals surface area (Å²) in [6.07, 6.45) is 0. The molecule has 3 nitrogen and oxygen atoms in total. The van der Waals surface area contributed by atoms with Crippen LogP contribution in [0.1, 0.15) is 12.7 Å². The molecule has 1 heterocycles. The molecule has 0 spiro atoms. The Morgan fingerprint density at radius 1 is 1.64 bits per heavy atom. The van der Waals surface area contributed by atoms with E-state index in [0.29, 0.717) is 6.54 Å². The van der Waals surface area contributed by atoms with E-state index < -0.39 is 0 Å². The Morgan fingerprint density at radius 3 is 3.00 bits per heavy atom. The molecule has 0 fully saturated rings. The van der Waals surface area contributed by atoms with Crippen molar-refractivity contribution in [3.63, 3.8) is 0 Å². The summed E-state index contributed by atoms with van der Waals surface area (Å²) in [5, 5.41) is 3.88. The molecule has 0 aliphatic rings. The van der Waals surface area contributed by atoms with E-state index in [9.17, 15) is 0 Å². The summed E-state index contributed by atoms with van der Waals surface area (Å²) >= 11 is 1.36. The van der Waals surface area contributed by atoms with Crippen LogP contribution in [0.3, 0.4) is 0 Å². The summed E-state index contributed by atoms with van der Waals surface area (Å²) < 4.78 is 4.02. The monoisotopic (exact) mass is 167 g/mol. The van der Waals surface area contributed by atoms with Gasteiger partial charge in [0.1, 0.15) is 5.82 Å². The Kier molecular flexibility index (Phi) is 2.87. The van der Waals surface area contributed by atoms with Crippen molar-refractivity contribution in [3.05, 3.63) is 5.82 Å². The number of rotatable bonds is 2. The predicted molar refractivity (Wildman–Crippen MR) is 46.6 cm³/mol. The van der Waals surface area contributed by atoms with Gasteiger partial charge < -0.3 is 5.32 Å². The maximum atomic E-state index is 4.11. The molecular formula is C7H9N3S. The molecule has 4 heteroatoms. The van der Waals surface area contributed by atoms with E-state index in [1.54, 1.807) is 0 Å². The van der Waals surface area contributed by atoms with E-state index in [-0.39, 0.29) is 0 Å². The van der Waals surface area contributed by atoms with Crippen molar-refractivity contribution < 1.29 is 0 Å². The lowest BCUT2D eigenvalue weighted by Gasteiger charge is -1.91. The molecule has 0 saturated heterocycles. The molecule has 0 aliphatic heterocycles. The molecule has 1 aromatic rings. The van der Waals surface area contributed by atoms with Gasteiger partial charge in [0.2, 0.25) is 5.13 Å². The lowest BCUT2D eigenvalue weighted by Crippen LogP contribution is -1.97. The molecule has 1 aromatic heterocycles. The quantitative estimate of drug-likeness (QED) is 0.674. The normalized spacial score (nSPS) is 8.55. The van der Waals surface area contributed by atoms with E-state index >= 15 is 0 Å². The van der Waals surface area contributed by atoms with Crippen LogP contribution in [-0.2, 0) is 0 Å². The van der Waals surface area contributed by atoms with Crippen molar-refractivity contribution >= 4 is 16.7 Å². The zero-order valence-electron chi connectivity index (χ0n) is 6.51. The van der Waals surface area contributed by atoms with Crippen molar-refractivity contribution in [3.8, 4) is 11.8 Å². The van der Waals surface area contributed by atoms with Gasteiger partial charge in [-0.25, -0.2) is 4.98 Å². The van der Waals surface area contributed by atoms with E-state index in [4.69, 9.17) is 0 Å². The van der Waals surface area contributed by atoms with Gasteiger partial charge in [-0.3, -0.25) is 0 Å². The molecule has 58 valence electrons. The first-order chi connectivity index (χ1) is 5.33. The fourth-order valence-electron chi connectivity index (χ4n) is 0.577. The third kappa shape index (κ3) is 2.56. The average Bonchev–Trinajstić information content (AvgIpc) is 2.37. The molecule has 0 atom stereocenters. The second-order valence-corrected chi connectivity index (χ2v) is 2.68. The number of hydrogen-bond acceptors (Lipinski definition) is 4. The molecule has 0 aliphatic carbocycles. The highest BCUT2D eigenvalue weighted by Gasteiger charge is 1.95. The van der Waals surface area contributed by atoms with Crippen LogP contribution in [0.5, 0.6) is 0 Å². The van der Waals surface area contributed by atoms with Gasteiger partial charge in [-0.1, -0.05) is 5.92 Å². The van der Waals surface area contributed by atoms with Crippen molar-refractivity contribution in [2.24, 2.45) is 0 Å². The van der Waals surface area contributed by atoms with E-state index in [1.807, 2.05) is 13.8 Å². The van der Waals surface area contributed by atoms with Crippen LogP contribution in [0.2, 0.25) is 0 Å². The second kappa shape index (κ2) is 3.94. The van der Waals surface area contributed by atoms with E-state index in [1.165, 1.54) is 11.5 Å². The van der Waals surface area contributed by atoms with Gasteiger partial charge in [0.15, 0.2) is 0 Å². The number of aryl methyl sites for hydroxylation is 1. The fraction of sp³-hybridized carbons (Fsp3) is 0.429. The Balaban J connectivity index is 2.43. The minimum atomic E-state index is 0.644. The van der Waals surface area contributed by atoms with Crippen LogP contribution in [0.25, 0.3) is 0 Å². The van der Waals surface area contributed by atoms with Crippen LogP contribution in [-0.4, -0.2) is 15.9 Å². The lowest BCUT2D eigenvalue weighted by molar-refractivity contribution is 1.15. The standard InChI is InChI=1S/C7H9N3S/c1-3-4-5-8-7-9-6(2)10-11-7/h5H2,1-2H3,(H,8,9,10). The molecule has 0 saturated carbocycles. The zero-order valence-corrected chi connectivity index (χ0v) is 7.33. The summed E-state index contributed by atoms with van der Waals surface area (Å²) in [6, 6.07) is 0. The average molecular weight is 167 g/mol. The summed E-state index contributed by atoms with van der Waals surface area (Å²) in [5.41, 5.74) is 0. The Labute approximate surface area is 70.0 Å². The van der Waals surface area contributed by atoms with Crippen molar-refractivity contribution in [1.82, 2.24) is 9.36 Å². The van der Waals surface area contributed by atoms with Crippen molar-refractivity contribution in [2.75, 3.05) is 11.9 Å². The number of nitrogens with zero attached hydrogens (tertiary/aromatic N) is 2. The highest BCUT2D eigenvalue weighted by Crippen LogP contribution is 2.08. The van der Waals surface area contributed by atoms with Gasteiger partial charge in [-0.2, -0.15) is 4.37 Å². The maximum Gasteiger partial charge on any atom is 0.203 e. The number of anilines is 1. The van der Waals surface area contributed by atoms with Crippen molar-refractivity contribution in [1.29, 1.82) is 0 Å².